The van der Waals surface area contributed by atoms with Gasteiger partial charge in [0.25, 0.3) is 5.91 Å². The number of hydrogen-bond acceptors (Lipinski definition) is 5. The molecule has 0 radical (unpaired) electrons. The molecule has 1 saturated heterocycles. The van der Waals surface area contributed by atoms with E-state index < -0.39 is 0 Å². The van der Waals surface area contributed by atoms with Crippen molar-refractivity contribution in [3.8, 4) is 5.75 Å². The molecule has 0 saturated carbocycles. The molecule has 0 atom stereocenters. The summed E-state index contributed by atoms with van der Waals surface area (Å²) in [7, 11) is 1.53. The number of carbonyl (C=O) groups excluding carboxylic acids is 2. The average Bonchev–Trinajstić information content (AvgIpc) is 3.21. The summed E-state index contributed by atoms with van der Waals surface area (Å²) in [5.74, 6) is 0.173. The Labute approximate surface area is 190 Å². The van der Waals surface area contributed by atoms with Crippen LogP contribution < -0.4 is 10.1 Å². The number of methoxy groups -OCH3 is 1. The number of carbonyl (C=O) groups is 2. The van der Waals surface area contributed by atoms with E-state index in [0.29, 0.717) is 47.4 Å². The van der Waals surface area contributed by atoms with E-state index in [4.69, 9.17) is 16.3 Å². The highest BCUT2D eigenvalue weighted by Gasteiger charge is 2.29. The lowest BCUT2D eigenvalue weighted by molar-refractivity contribution is -0.121. The van der Waals surface area contributed by atoms with Gasteiger partial charge in [0.15, 0.2) is 5.13 Å². The first kappa shape index (κ1) is 21.6. The monoisotopic (exact) mass is 457 g/mol. The van der Waals surface area contributed by atoms with Gasteiger partial charge >= 0.3 is 0 Å². The van der Waals surface area contributed by atoms with Gasteiger partial charge in [0.05, 0.1) is 22.9 Å². The maximum atomic E-state index is 12.9. The minimum atomic E-state index is -0.153. The summed E-state index contributed by atoms with van der Waals surface area (Å²) in [5.41, 5.74) is 3.64. The van der Waals surface area contributed by atoms with Crippen LogP contribution >= 0.6 is 22.9 Å². The van der Waals surface area contributed by atoms with Crippen LogP contribution in [-0.2, 0) is 4.79 Å². The fourth-order valence-corrected chi connectivity index (χ4v) is 5.07. The Kier molecular flexibility index (Phi) is 6.16. The van der Waals surface area contributed by atoms with Crippen molar-refractivity contribution in [3.05, 3.63) is 52.0 Å². The van der Waals surface area contributed by atoms with E-state index in [9.17, 15) is 9.59 Å². The Morgan fingerprint density at radius 2 is 1.87 bits per heavy atom. The minimum Gasteiger partial charge on any atom is -0.496 e. The fraction of sp³-hybridized carbons (Fsp3) is 0.348. The van der Waals surface area contributed by atoms with Crippen molar-refractivity contribution in [2.24, 2.45) is 5.92 Å². The van der Waals surface area contributed by atoms with Crippen LogP contribution in [0.3, 0.4) is 0 Å². The maximum absolute atomic E-state index is 12.9. The van der Waals surface area contributed by atoms with E-state index in [0.717, 1.165) is 21.3 Å². The SMILES string of the molecule is COc1ccc(Cl)cc1C(=O)N1CCC(C(=O)Nc2nc3c(C)ccc(C)c3s2)CC1. The number of nitrogens with zero attached hydrogens (tertiary/aromatic N) is 2. The van der Waals surface area contributed by atoms with E-state index in [1.807, 2.05) is 19.9 Å². The third-order valence-corrected chi connectivity index (χ3v) is 7.06. The molecule has 0 bridgehead atoms. The number of amides is 2. The van der Waals surface area contributed by atoms with Crippen LogP contribution in [0.1, 0.15) is 34.3 Å². The molecule has 1 aliphatic rings. The minimum absolute atomic E-state index is 0.0400. The quantitative estimate of drug-likeness (QED) is 0.594. The van der Waals surface area contributed by atoms with Crippen LogP contribution in [0.5, 0.6) is 5.75 Å². The maximum Gasteiger partial charge on any atom is 0.257 e. The highest BCUT2D eigenvalue weighted by molar-refractivity contribution is 7.22. The van der Waals surface area contributed by atoms with Gasteiger partial charge in [-0.25, -0.2) is 4.98 Å². The van der Waals surface area contributed by atoms with Crippen molar-refractivity contribution in [2.75, 3.05) is 25.5 Å². The molecule has 4 rings (SSSR count). The molecule has 0 unspecified atom stereocenters. The Hall–Kier alpha value is -2.64. The largest absolute Gasteiger partial charge is 0.496 e. The number of fused-ring (bicyclic) bond motifs is 1. The van der Waals surface area contributed by atoms with Crippen molar-refractivity contribution in [1.29, 1.82) is 0 Å². The summed E-state index contributed by atoms with van der Waals surface area (Å²) in [6, 6.07) is 9.13. The molecular formula is C23H24ClN3O3S. The standard InChI is InChI=1S/C23H24ClN3O3S/c1-13-4-5-14(2)20-19(13)25-23(31-20)26-21(28)15-8-10-27(11-9-15)22(29)17-12-16(24)6-7-18(17)30-3/h4-7,12,15H,8-11H2,1-3H3,(H,25,26,28). The van der Waals surface area contributed by atoms with E-state index in [1.54, 1.807) is 23.1 Å². The van der Waals surface area contributed by atoms with Crippen molar-refractivity contribution in [3.63, 3.8) is 0 Å². The lowest BCUT2D eigenvalue weighted by Gasteiger charge is -2.31. The van der Waals surface area contributed by atoms with E-state index in [2.05, 4.69) is 16.4 Å². The Bertz CT molecular complexity index is 1110. The molecular weight excluding hydrogens is 434 g/mol. The normalized spacial score (nSPS) is 14.6. The van der Waals surface area contributed by atoms with Gasteiger partial charge in [-0.15, -0.1) is 0 Å². The molecule has 162 valence electrons. The predicted octanol–water partition coefficient (Wildman–Crippen LogP) is 5.07. The zero-order valence-corrected chi connectivity index (χ0v) is 19.3. The highest BCUT2D eigenvalue weighted by Crippen LogP contribution is 2.32. The number of nitrogens with one attached hydrogen (secondary N) is 1. The van der Waals surface area contributed by atoms with Crippen molar-refractivity contribution < 1.29 is 14.3 Å². The lowest BCUT2D eigenvalue weighted by Crippen LogP contribution is -2.41. The molecule has 1 aliphatic heterocycles. The first-order valence-corrected chi connectivity index (χ1v) is 11.4. The Morgan fingerprint density at radius 3 is 2.55 bits per heavy atom. The number of piperidine rings is 1. The number of thiazole rings is 1. The molecule has 8 heteroatoms. The molecule has 2 amide bonds. The molecule has 0 spiro atoms. The second-order valence-electron chi connectivity index (χ2n) is 7.80. The molecule has 2 heterocycles. The van der Waals surface area contributed by atoms with Crippen LogP contribution in [0.15, 0.2) is 30.3 Å². The molecule has 6 nitrogen and oxygen atoms in total. The number of anilines is 1. The lowest BCUT2D eigenvalue weighted by atomic mass is 9.95. The van der Waals surface area contributed by atoms with Gasteiger partial charge in [0, 0.05) is 24.0 Å². The number of aryl methyl sites for hydroxylation is 2. The van der Waals surface area contributed by atoms with Gasteiger partial charge in [-0.3, -0.25) is 9.59 Å². The molecule has 2 aromatic carbocycles. The zero-order valence-electron chi connectivity index (χ0n) is 17.7. The summed E-state index contributed by atoms with van der Waals surface area (Å²) < 4.78 is 6.41. The topological polar surface area (TPSA) is 71.5 Å². The Balaban J connectivity index is 1.40. The second-order valence-corrected chi connectivity index (χ2v) is 9.23. The van der Waals surface area contributed by atoms with Crippen LogP contribution in [0.2, 0.25) is 5.02 Å². The van der Waals surface area contributed by atoms with Crippen molar-refractivity contribution in [2.45, 2.75) is 26.7 Å². The molecule has 1 aromatic heterocycles. The first-order chi connectivity index (χ1) is 14.9. The van der Waals surface area contributed by atoms with Gasteiger partial charge < -0.3 is 15.0 Å². The smallest absolute Gasteiger partial charge is 0.257 e. The van der Waals surface area contributed by atoms with Crippen LogP contribution in [0, 0.1) is 19.8 Å². The fourth-order valence-electron chi connectivity index (χ4n) is 3.88. The van der Waals surface area contributed by atoms with Gasteiger partial charge in [-0.2, -0.15) is 0 Å². The van der Waals surface area contributed by atoms with E-state index >= 15 is 0 Å². The van der Waals surface area contributed by atoms with Crippen LogP contribution in [0.25, 0.3) is 10.2 Å². The van der Waals surface area contributed by atoms with Crippen molar-refractivity contribution in [1.82, 2.24) is 9.88 Å². The number of hydrogen-bond donors (Lipinski definition) is 1. The average molecular weight is 458 g/mol. The van der Waals surface area contributed by atoms with Gasteiger partial charge in [0.2, 0.25) is 5.91 Å². The van der Waals surface area contributed by atoms with E-state index in [-0.39, 0.29) is 17.7 Å². The molecule has 0 aliphatic carbocycles. The molecule has 1 fully saturated rings. The molecule has 31 heavy (non-hydrogen) atoms. The summed E-state index contributed by atoms with van der Waals surface area (Å²) in [4.78, 5) is 32.1. The third kappa shape index (κ3) is 4.38. The van der Waals surface area contributed by atoms with Gasteiger partial charge in [-0.1, -0.05) is 35.1 Å². The number of likely N-dealkylation sites (tertiary alicyclic amines) is 1. The molecule has 3 aromatic rings. The summed E-state index contributed by atoms with van der Waals surface area (Å²) in [5, 5.41) is 4.10. The van der Waals surface area contributed by atoms with Gasteiger partial charge in [-0.05, 0) is 56.0 Å². The Morgan fingerprint density at radius 1 is 1.16 bits per heavy atom. The number of ether oxygens (including phenoxy) is 1. The van der Waals surface area contributed by atoms with E-state index in [1.165, 1.54) is 18.4 Å². The zero-order chi connectivity index (χ0) is 22.1. The molecule has 1 N–H and O–H groups in total. The third-order valence-electron chi connectivity index (χ3n) is 5.72. The van der Waals surface area contributed by atoms with Gasteiger partial charge in [0.1, 0.15) is 5.75 Å². The number of aromatic nitrogens is 1. The summed E-state index contributed by atoms with van der Waals surface area (Å²) in [6.07, 6.45) is 1.20. The first-order valence-electron chi connectivity index (χ1n) is 10.2. The number of rotatable bonds is 4. The predicted molar refractivity (Wildman–Crippen MR) is 124 cm³/mol. The number of halogens is 1. The number of benzene rings is 2. The van der Waals surface area contributed by atoms with Crippen LogP contribution in [0.4, 0.5) is 5.13 Å². The summed E-state index contributed by atoms with van der Waals surface area (Å²) >= 11 is 7.57. The summed E-state index contributed by atoms with van der Waals surface area (Å²) in [6.45, 7) is 5.08. The van der Waals surface area contributed by atoms with Crippen molar-refractivity contribution >= 4 is 50.1 Å². The second kappa shape index (κ2) is 8.85. The van der Waals surface area contributed by atoms with Crippen LogP contribution in [-0.4, -0.2) is 41.9 Å². The highest BCUT2D eigenvalue weighted by atomic mass is 35.5.